The van der Waals surface area contributed by atoms with Crippen LogP contribution in [0.2, 0.25) is 15.1 Å². The van der Waals surface area contributed by atoms with Gasteiger partial charge in [0.1, 0.15) is 0 Å². The molecule has 0 N–H and O–H groups in total. The van der Waals surface area contributed by atoms with E-state index in [1.807, 2.05) is 59.2 Å². The van der Waals surface area contributed by atoms with Crippen LogP contribution in [0.3, 0.4) is 0 Å². The van der Waals surface area contributed by atoms with Gasteiger partial charge in [0.15, 0.2) is 11.0 Å². The quantitative estimate of drug-likeness (QED) is 0.324. The lowest BCUT2D eigenvalue weighted by Crippen LogP contribution is -2.00. The van der Waals surface area contributed by atoms with Crippen LogP contribution in [0.1, 0.15) is 5.56 Å². The lowest BCUT2D eigenvalue weighted by Gasteiger charge is -2.11. The Balaban J connectivity index is 1.75. The van der Waals surface area contributed by atoms with Gasteiger partial charge in [-0.3, -0.25) is 9.55 Å². The molecule has 4 nitrogen and oxygen atoms in total. The first kappa shape index (κ1) is 19.3. The molecule has 2 aromatic carbocycles. The number of hydrogen-bond donors (Lipinski definition) is 0. The van der Waals surface area contributed by atoms with E-state index < -0.39 is 0 Å². The molecular formula is C20H13Cl3N4S. The summed E-state index contributed by atoms with van der Waals surface area (Å²) in [5.41, 5.74) is 2.70. The van der Waals surface area contributed by atoms with Crippen LogP contribution in [0, 0.1) is 0 Å². The van der Waals surface area contributed by atoms with Crippen molar-refractivity contribution in [3.8, 4) is 17.1 Å². The van der Waals surface area contributed by atoms with Crippen LogP contribution in [0.5, 0.6) is 0 Å². The molecule has 2 aromatic heterocycles. The van der Waals surface area contributed by atoms with Crippen LogP contribution in [0.25, 0.3) is 17.1 Å². The average molecular weight is 448 g/mol. The van der Waals surface area contributed by atoms with Gasteiger partial charge >= 0.3 is 0 Å². The summed E-state index contributed by atoms with van der Waals surface area (Å²) in [5.74, 6) is 1.29. The second-order valence-electron chi connectivity index (χ2n) is 5.84. The minimum atomic E-state index is 0.570. The van der Waals surface area contributed by atoms with E-state index in [2.05, 4.69) is 15.2 Å². The molecule has 0 aliphatic carbocycles. The predicted molar refractivity (Wildman–Crippen MR) is 116 cm³/mol. The molecule has 2 heterocycles. The Bertz CT molecular complexity index is 1080. The fraction of sp³-hybridized carbons (Fsp3) is 0.0500. The third kappa shape index (κ3) is 4.03. The van der Waals surface area contributed by atoms with Gasteiger partial charge < -0.3 is 0 Å². The van der Waals surface area contributed by atoms with Crippen LogP contribution in [0.4, 0.5) is 0 Å². The molecule has 8 heteroatoms. The molecule has 0 amide bonds. The summed E-state index contributed by atoms with van der Waals surface area (Å²) in [4.78, 5) is 4.08. The van der Waals surface area contributed by atoms with Gasteiger partial charge in [0, 0.05) is 44.5 Å². The third-order valence-corrected chi connectivity index (χ3v) is 5.98. The number of hydrogen-bond acceptors (Lipinski definition) is 4. The smallest absolute Gasteiger partial charge is 0.196 e. The first-order valence-corrected chi connectivity index (χ1v) is 10.4. The van der Waals surface area contributed by atoms with Crippen LogP contribution in [0.15, 0.2) is 72.1 Å². The summed E-state index contributed by atoms with van der Waals surface area (Å²) in [6.07, 6.45) is 3.46. The molecule has 4 rings (SSSR count). The summed E-state index contributed by atoms with van der Waals surface area (Å²) in [7, 11) is 0. The number of rotatable bonds is 5. The van der Waals surface area contributed by atoms with E-state index in [4.69, 9.17) is 34.8 Å². The van der Waals surface area contributed by atoms with Crippen molar-refractivity contribution in [2.45, 2.75) is 10.9 Å². The van der Waals surface area contributed by atoms with Gasteiger partial charge in [-0.1, -0.05) is 52.6 Å². The van der Waals surface area contributed by atoms with E-state index in [0.29, 0.717) is 20.8 Å². The van der Waals surface area contributed by atoms with Gasteiger partial charge in [-0.15, -0.1) is 10.2 Å². The van der Waals surface area contributed by atoms with Crippen molar-refractivity contribution >= 4 is 46.6 Å². The number of pyridine rings is 1. The molecule has 4 aromatic rings. The van der Waals surface area contributed by atoms with E-state index in [9.17, 15) is 0 Å². The Morgan fingerprint density at radius 2 is 1.50 bits per heavy atom. The normalized spacial score (nSPS) is 11.0. The number of halogens is 3. The largest absolute Gasteiger partial charge is 0.270 e. The molecule has 0 aliphatic rings. The number of thioether (sulfide) groups is 1. The minimum absolute atomic E-state index is 0.570. The highest BCUT2D eigenvalue weighted by Gasteiger charge is 2.17. The van der Waals surface area contributed by atoms with Crippen LogP contribution < -0.4 is 0 Å². The molecule has 0 radical (unpaired) electrons. The summed E-state index contributed by atoms with van der Waals surface area (Å²) in [6.45, 7) is 0. The van der Waals surface area contributed by atoms with Crippen LogP contribution in [-0.4, -0.2) is 19.7 Å². The first-order chi connectivity index (χ1) is 13.6. The predicted octanol–water partition coefficient (Wildman–Crippen LogP) is 6.58. The number of aromatic nitrogens is 4. The second kappa shape index (κ2) is 8.53. The monoisotopic (exact) mass is 446 g/mol. The highest BCUT2D eigenvalue weighted by molar-refractivity contribution is 7.98. The van der Waals surface area contributed by atoms with E-state index in [0.717, 1.165) is 27.8 Å². The topological polar surface area (TPSA) is 43.6 Å². The lowest BCUT2D eigenvalue weighted by molar-refractivity contribution is 0.886. The Morgan fingerprint density at radius 3 is 2.18 bits per heavy atom. The molecule has 0 bridgehead atoms. The minimum Gasteiger partial charge on any atom is -0.270 e. The van der Waals surface area contributed by atoms with Crippen molar-refractivity contribution in [2.75, 3.05) is 0 Å². The fourth-order valence-electron chi connectivity index (χ4n) is 2.68. The van der Waals surface area contributed by atoms with Crippen molar-refractivity contribution in [1.29, 1.82) is 0 Å². The van der Waals surface area contributed by atoms with E-state index in [1.54, 1.807) is 12.4 Å². The van der Waals surface area contributed by atoms with Crippen molar-refractivity contribution in [3.05, 3.63) is 87.6 Å². The lowest BCUT2D eigenvalue weighted by atomic mass is 10.2. The highest BCUT2D eigenvalue weighted by atomic mass is 35.5. The molecule has 0 fully saturated rings. The molecule has 140 valence electrons. The zero-order valence-electron chi connectivity index (χ0n) is 14.4. The van der Waals surface area contributed by atoms with Crippen LogP contribution in [-0.2, 0) is 5.75 Å². The van der Waals surface area contributed by atoms with Crippen molar-refractivity contribution in [2.24, 2.45) is 0 Å². The number of nitrogens with zero attached hydrogens (tertiary/aromatic N) is 4. The first-order valence-electron chi connectivity index (χ1n) is 8.31. The Labute approximate surface area is 181 Å². The molecule has 0 saturated carbocycles. The van der Waals surface area contributed by atoms with Crippen molar-refractivity contribution in [1.82, 2.24) is 19.7 Å². The maximum atomic E-state index is 6.31. The molecular weight excluding hydrogens is 435 g/mol. The van der Waals surface area contributed by atoms with E-state index >= 15 is 0 Å². The van der Waals surface area contributed by atoms with Gasteiger partial charge in [0.05, 0.1) is 0 Å². The highest BCUT2D eigenvalue weighted by Crippen LogP contribution is 2.34. The van der Waals surface area contributed by atoms with Crippen molar-refractivity contribution in [3.63, 3.8) is 0 Å². The standard InChI is InChI=1S/C20H13Cl3N4S/c21-14-4-6-15(7-5-14)27-19(13-8-10-24-11-9-13)25-26-20(27)28-12-16-17(22)2-1-3-18(16)23/h1-11H,12H2. The summed E-state index contributed by atoms with van der Waals surface area (Å²) in [5, 5.41) is 11.5. The Hall–Kier alpha value is -2.05. The number of benzene rings is 2. The SMILES string of the molecule is Clc1ccc(-n2c(SCc3c(Cl)cccc3Cl)nnc2-c2ccncc2)cc1. The van der Waals surface area contributed by atoms with Gasteiger partial charge in [-0.05, 0) is 54.1 Å². The Kier molecular flexibility index (Phi) is 5.87. The zero-order valence-corrected chi connectivity index (χ0v) is 17.5. The van der Waals surface area contributed by atoms with Crippen LogP contribution >= 0.6 is 46.6 Å². The Morgan fingerprint density at radius 1 is 0.821 bits per heavy atom. The summed E-state index contributed by atoms with van der Waals surface area (Å²) >= 11 is 20.2. The maximum Gasteiger partial charge on any atom is 0.196 e. The maximum absolute atomic E-state index is 6.31. The fourth-order valence-corrected chi connectivity index (χ4v) is 4.50. The third-order valence-electron chi connectivity index (χ3n) is 4.06. The molecule has 0 saturated heterocycles. The molecule has 0 aliphatic heterocycles. The second-order valence-corrected chi connectivity index (χ2v) is 8.04. The average Bonchev–Trinajstić information content (AvgIpc) is 3.13. The van der Waals surface area contributed by atoms with Gasteiger partial charge in [0.25, 0.3) is 0 Å². The molecule has 28 heavy (non-hydrogen) atoms. The van der Waals surface area contributed by atoms with Gasteiger partial charge in [-0.2, -0.15) is 0 Å². The molecule has 0 unspecified atom stereocenters. The zero-order chi connectivity index (χ0) is 19.5. The van der Waals surface area contributed by atoms with Crippen molar-refractivity contribution < 1.29 is 0 Å². The van der Waals surface area contributed by atoms with Gasteiger partial charge in [0.2, 0.25) is 0 Å². The van der Waals surface area contributed by atoms with E-state index in [1.165, 1.54) is 11.8 Å². The molecule has 0 atom stereocenters. The summed E-state index contributed by atoms with van der Waals surface area (Å²) < 4.78 is 1.99. The molecule has 0 spiro atoms. The van der Waals surface area contributed by atoms with Gasteiger partial charge in [-0.25, -0.2) is 0 Å². The van der Waals surface area contributed by atoms with E-state index in [-0.39, 0.29) is 0 Å². The summed E-state index contributed by atoms with van der Waals surface area (Å²) in [6, 6.07) is 16.8.